The molecule has 8 nitrogen and oxygen atoms in total. The zero-order valence-corrected chi connectivity index (χ0v) is 16.4. The molecule has 0 amide bonds. The Bertz CT molecular complexity index is 1280. The molecule has 1 atom stereocenters. The summed E-state index contributed by atoms with van der Waals surface area (Å²) in [6.45, 7) is 0. The highest BCUT2D eigenvalue weighted by molar-refractivity contribution is 7.89. The van der Waals surface area contributed by atoms with E-state index in [2.05, 4.69) is 4.98 Å². The second-order valence-electron chi connectivity index (χ2n) is 6.54. The molecule has 4 rings (SSSR count). The number of carboxylic acid groups (broad SMARTS) is 1. The van der Waals surface area contributed by atoms with Crippen molar-refractivity contribution in [1.82, 2.24) is 9.55 Å². The van der Waals surface area contributed by atoms with Gasteiger partial charge in [0.05, 0.1) is 4.90 Å². The number of hydrogen-bond acceptors (Lipinski definition) is 5. The average molecular weight is 423 g/mol. The Hall–Kier alpha value is -3.69. The predicted octanol–water partition coefficient (Wildman–Crippen LogP) is 3.13. The minimum absolute atomic E-state index is 0.00285. The van der Waals surface area contributed by atoms with Gasteiger partial charge in [0.2, 0.25) is 22.0 Å². The summed E-state index contributed by atoms with van der Waals surface area (Å²) in [7, 11) is -3.84. The van der Waals surface area contributed by atoms with Gasteiger partial charge in [-0.25, -0.2) is 23.3 Å². The van der Waals surface area contributed by atoms with Crippen LogP contribution in [0.25, 0.3) is 22.6 Å². The number of nitrogens with two attached hydrogens (primary N) is 1. The van der Waals surface area contributed by atoms with E-state index in [9.17, 15) is 18.3 Å². The number of aromatic nitrogens is 2. The van der Waals surface area contributed by atoms with Crippen molar-refractivity contribution >= 4 is 16.0 Å². The molecule has 0 saturated carbocycles. The fourth-order valence-electron chi connectivity index (χ4n) is 3.12. The van der Waals surface area contributed by atoms with E-state index in [1.54, 1.807) is 36.7 Å². The monoisotopic (exact) mass is 423 g/mol. The van der Waals surface area contributed by atoms with E-state index >= 15 is 0 Å². The molecule has 3 N–H and O–H groups in total. The van der Waals surface area contributed by atoms with Crippen LogP contribution in [0.1, 0.15) is 11.9 Å². The Labute approximate surface area is 172 Å². The summed E-state index contributed by atoms with van der Waals surface area (Å²) in [5, 5.41) is 14.9. The van der Waals surface area contributed by atoms with Crippen LogP contribution >= 0.6 is 0 Å². The molecule has 0 aliphatic rings. The molecule has 9 heteroatoms. The molecule has 0 spiro atoms. The van der Waals surface area contributed by atoms with Crippen molar-refractivity contribution in [2.45, 2.75) is 10.9 Å². The van der Waals surface area contributed by atoms with Crippen LogP contribution in [-0.2, 0) is 14.8 Å². The van der Waals surface area contributed by atoms with Gasteiger partial charge in [0, 0.05) is 23.5 Å². The molecule has 0 aliphatic carbocycles. The second-order valence-corrected chi connectivity index (χ2v) is 8.10. The zero-order valence-electron chi connectivity index (χ0n) is 15.5. The fraction of sp³-hybridized carbons (Fsp3) is 0.0476. The minimum atomic E-state index is -3.84. The summed E-state index contributed by atoms with van der Waals surface area (Å²) in [5.41, 5.74) is 1.72. The smallest absolute Gasteiger partial charge is 0.336 e. The Balaban J connectivity index is 1.88. The minimum Gasteiger partial charge on any atom is -0.479 e. The SMILES string of the molecule is NS(=O)(=O)c1ccc(-c2oc(C(C(=O)O)n3cccc3)nc2-c2ccccc2)cc1. The topological polar surface area (TPSA) is 128 Å². The Morgan fingerprint density at radius 1 is 0.967 bits per heavy atom. The van der Waals surface area contributed by atoms with Crippen LogP contribution in [0, 0.1) is 0 Å². The molecule has 0 saturated heterocycles. The number of sulfonamides is 1. The third-order valence-corrected chi connectivity index (χ3v) is 5.46. The van der Waals surface area contributed by atoms with Crippen molar-refractivity contribution in [1.29, 1.82) is 0 Å². The Kier molecular flexibility index (Phi) is 4.98. The van der Waals surface area contributed by atoms with Crippen LogP contribution in [0.2, 0.25) is 0 Å². The number of nitrogens with zero attached hydrogens (tertiary/aromatic N) is 2. The molecule has 0 radical (unpaired) electrons. The first-order valence-electron chi connectivity index (χ1n) is 8.89. The van der Waals surface area contributed by atoms with E-state index in [0.717, 1.165) is 5.56 Å². The van der Waals surface area contributed by atoms with E-state index in [0.29, 0.717) is 17.0 Å². The van der Waals surface area contributed by atoms with E-state index in [1.165, 1.54) is 16.7 Å². The van der Waals surface area contributed by atoms with Gasteiger partial charge < -0.3 is 14.1 Å². The summed E-state index contributed by atoms with van der Waals surface area (Å²) in [5.74, 6) is -0.790. The van der Waals surface area contributed by atoms with Crippen molar-refractivity contribution in [2.75, 3.05) is 0 Å². The number of benzene rings is 2. The third-order valence-electron chi connectivity index (χ3n) is 4.53. The summed E-state index contributed by atoms with van der Waals surface area (Å²) >= 11 is 0. The van der Waals surface area contributed by atoms with Crippen molar-refractivity contribution in [2.24, 2.45) is 5.14 Å². The predicted molar refractivity (Wildman–Crippen MR) is 109 cm³/mol. The summed E-state index contributed by atoms with van der Waals surface area (Å²) in [4.78, 5) is 16.4. The number of oxazole rings is 1. The van der Waals surface area contributed by atoms with Crippen LogP contribution in [0.5, 0.6) is 0 Å². The maximum Gasteiger partial charge on any atom is 0.336 e. The van der Waals surface area contributed by atoms with E-state index in [-0.39, 0.29) is 10.8 Å². The van der Waals surface area contributed by atoms with Gasteiger partial charge in [-0.2, -0.15) is 0 Å². The lowest BCUT2D eigenvalue weighted by atomic mass is 10.1. The molecular formula is C21H17N3O5S. The lowest BCUT2D eigenvalue weighted by Crippen LogP contribution is -2.19. The summed E-state index contributed by atoms with van der Waals surface area (Å²) in [6, 6.07) is 17.3. The van der Waals surface area contributed by atoms with E-state index in [1.807, 2.05) is 30.3 Å². The molecule has 4 aromatic rings. The Morgan fingerprint density at radius 3 is 2.17 bits per heavy atom. The number of carboxylic acids is 1. The number of primary sulfonamides is 1. The van der Waals surface area contributed by atoms with Gasteiger partial charge in [-0.15, -0.1) is 0 Å². The molecule has 30 heavy (non-hydrogen) atoms. The molecule has 1 unspecified atom stereocenters. The highest BCUT2D eigenvalue weighted by Gasteiger charge is 2.29. The maximum absolute atomic E-state index is 11.9. The lowest BCUT2D eigenvalue weighted by Gasteiger charge is -2.10. The molecule has 2 heterocycles. The number of rotatable bonds is 6. The van der Waals surface area contributed by atoms with Gasteiger partial charge in [-0.05, 0) is 36.4 Å². The van der Waals surface area contributed by atoms with Crippen molar-refractivity contribution in [3.8, 4) is 22.6 Å². The summed E-state index contributed by atoms with van der Waals surface area (Å²) in [6.07, 6.45) is 3.23. The van der Waals surface area contributed by atoms with E-state index in [4.69, 9.17) is 9.56 Å². The van der Waals surface area contributed by atoms with Gasteiger partial charge in [-0.3, -0.25) is 0 Å². The lowest BCUT2D eigenvalue weighted by molar-refractivity contribution is -0.140. The summed E-state index contributed by atoms with van der Waals surface area (Å²) < 4.78 is 30.5. The molecule has 0 bridgehead atoms. The van der Waals surface area contributed by atoms with Gasteiger partial charge in [0.1, 0.15) is 5.69 Å². The third kappa shape index (κ3) is 3.76. The first-order chi connectivity index (χ1) is 14.3. The van der Waals surface area contributed by atoms with Gasteiger partial charge in [0.25, 0.3) is 0 Å². The first kappa shape index (κ1) is 19.6. The van der Waals surface area contributed by atoms with Crippen molar-refractivity contribution in [3.63, 3.8) is 0 Å². The van der Waals surface area contributed by atoms with Crippen LogP contribution in [-0.4, -0.2) is 29.0 Å². The number of aliphatic carboxylic acids is 1. The van der Waals surface area contributed by atoms with Gasteiger partial charge in [0.15, 0.2) is 5.76 Å². The van der Waals surface area contributed by atoms with Gasteiger partial charge >= 0.3 is 5.97 Å². The molecule has 0 aliphatic heterocycles. The quantitative estimate of drug-likeness (QED) is 0.490. The molecule has 2 aromatic heterocycles. The van der Waals surface area contributed by atoms with Crippen LogP contribution in [0.15, 0.2) is 88.4 Å². The van der Waals surface area contributed by atoms with Crippen LogP contribution in [0.4, 0.5) is 0 Å². The normalized spacial score (nSPS) is 12.6. The standard InChI is InChI=1S/C21H17N3O5S/c22-30(27,28)16-10-8-15(9-11-16)19-17(14-6-2-1-3-7-14)23-20(29-19)18(21(25)26)24-12-4-5-13-24/h1-13,18H,(H,25,26)(H2,22,27,28). The zero-order chi connectivity index (χ0) is 21.3. The molecule has 2 aromatic carbocycles. The van der Waals surface area contributed by atoms with Crippen molar-refractivity contribution < 1.29 is 22.7 Å². The van der Waals surface area contributed by atoms with Crippen LogP contribution in [0.3, 0.4) is 0 Å². The average Bonchev–Trinajstić information content (AvgIpc) is 3.39. The highest BCUT2D eigenvalue weighted by Crippen LogP contribution is 2.35. The Morgan fingerprint density at radius 2 is 1.60 bits per heavy atom. The molecule has 152 valence electrons. The van der Waals surface area contributed by atoms with E-state index < -0.39 is 22.0 Å². The number of carbonyl (C=O) groups is 1. The maximum atomic E-state index is 11.9. The highest BCUT2D eigenvalue weighted by atomic mass is 32.2. The van der Waals surface area contributed by atoms with Gasteiger partial charge in [-0.1, -0.05) is 30.3 Å². The number of hydrogen-bond donors (Lipinski definition) is 2. The second kappa shape index (κ2) is 7.62. The fourth-order valence-corrected chi connectivity index (χ4v) is 3.63. The van der Waals surface area contributed by atoms with Crippen molar-refractivity contribution in [3.05, 3.63) is 85.0 Å². The molecular weight excluding hydrogens is 406 g/mol. The molecule has 0 fully saturated rings. The largest absolute Gasteiger partial charge is 0.479 e. The van der Waals surface area contributed by atoms with Crippen LogP contribution < -0.4 is 5.14 Å². The first-order valence-corrected chi connectivity index (χ1v) is 10.4.